The molecular formula is C15H14N2O4S. The highest BCUT2D eigenvalue weighted by Gasteiger charge is 2.11. The van der Waals surface area contributed by atoms with Crippen molar-refractivity contribution in [2.75, 3.05) is 6.54 Å². The van der Waals surface area contributed by atoms with Crippen LogP contribution in [0.4, 0.5) is 0 Å². The lowest BCUT2D eigenvalue weighted by atomic mass is 10.1. The highest BCUT2D eigenvalue weighted by Crippen LogP contribution is 2.26. The van der Waals surface area contributed by atoms with E-state index in [0.717, 1.165) is 10.1 Å². The van der Waals surface area contributed by atoms with E-state index in [4.69, 9.17) is 5.11 Å². The van der Waals surface area contributed by atoms with Crippen molar-refractivity contribution in [2.24, 2.45) is 0 Å². The van der Waals surface area contributed by atoms with Crippen molar-refractivity contribution < 1.29 is 14.7 Å². The first kappa shape index (κ1) is 15.7. The summed E-state index contributed by atoms with van der Waals surface area (Å²) in [4.78, 5) is 36.9. The van der Waals surface area contributed by atoms with Crippen LogP contribution < -0.4 is 10.9 Å². The number of carboxylic acid groups (broad SMARTS) is 1. The lowest BCUT2D eigenvalue weighted by molar-refractivity contribution is -0.135. The fraction of sp³-hybridized carbons (Fsp3) is 0.133. The number of carbonyl (C=O) groups is 2. The molecule has 0 aliphatic rings. The molecule has 22 heavy (non-hydrogen) atoms. The van der Waals surface area contributed by atoms with E-state index >= 15 is 0 Å². The Morgan fingerprint density at radius 3 is 2.73 bits per heavy atom. The van der Waals surface area contributed by atoms with Crippen LogP contribution in [0.15, 0.2) is 34.4 Å². The highest BCUT2D eigenvalue weighted by atomic mass is 32.1. The largest absolute Gasteiger partial charge is 0.480 e. The average Bonchev–Trinajstić information content (AvgIpc) is 2.94. The summed E-state index contributed by atoms with van der Waals surface area (Å²) < 4.78 is 0.867. The number of aromatic amines is 1. The molecule has 2 aromatic heterocycles. The summed E-state index contributed by atoms with van der Waals surface area (Å²) in [7, 11) is 0. The van der Waals surface area contributed by atoms with Gasteiger partial charge in [0.15, 0.2) is 0 Å². The maximum absolute atomic E-state index is 11.9. The molecule has 1 aromatic carbocycles. The van der Waals surface area contributed by atoms with Gasteiger partial charge in [0.1, 0.15) is 6.54 Å². The number of benzene rings is 1. The fourth-order valence-electron chi connectivity index (χ4n) is 2.13. The number of pyridine rings is 1. The van der Waals surface area contributed by atoms with Crippen LogP contribution >= 0.6 is 11.3 Å². The fourth-order valence-corrected chi connectivity index (χ4v) is 3.06. The Kier molecular flexibility index (Phi) is 4.27. The molecule has 0 aliphatic carbocycles. The topological polar surface area (TPSA) is 99.3 Å². The van der Waals surface area contributed by atoms with Crippen LogP contribution in [0, 0.1) is 0 Å². The van der Waals surface area contributed by atoms with Crippen LogP contribution in [0.25, 0.3) is 21.0 Å². The monoisotopic (exact) mass is 318 g/mol. The second kappa shape index (κ2) is 5.98. The molecule has 6 nitrogen and oxygen atoms in total. The summed E-state index contributed by atoms with van der Waals surface area (Å²) in [5, 5.41) is 14.2. The van der Waals surface area contributed by atoms with Gasteiger partial charge in [0, 0.05) is 15.6 Å². The first-order valence-corrected chi connectivity index (χ1v) is 6.97. The number of aromatic nitrogens is 1. The minimum Gasteiger partial charge on any atom is -0.480 e. The van der Waals surface area contributed by atoms with E-state index in [1.165, 1.54) is 11.3 Å². The first-order chi connectivity index (χ1) is 10.1. The van der Waals surface area contributed by atoms with E-state index in [2.05, 4.69) is 10.3 Å². The number of fused-ring (bicyclic) bond motifs is 3. The van der Waals surface area contributed by atoms with Crippen molar-refractivity contribution in [1.82, 2.24) is 10.3 Å². The van der Waals surface area contributed by atoms with Gasteiger partial charge < -0.3 is 15.4 Å². The molecule has 0 saturated heterocycles. The third-order valence-corrected chi connectivity index (χ3v) is 4.03. The standard InChI is InChI=1S/C14H10N2O4S.CH4/c17-11(18)6-15-13(19)7-1-2-8-10(5-7)16-14(20)9-3-4-21-12(8)9;/h1-5H,6H2,(H,15,19)(H,16,20)(H,17,18);1H4. The molecule has 114 valence electrons. The Balaban J connectivity index is 0.00000176. The Bertz CT molecular complexity index is 926. The first-order valence-electron chi connectivity index (χ1n) is 6.09. The SMILES string of the molecule is C.O=C(O)CNC(=O)c1ccc2c(c1)[nH]c(=O)c1ccsc12. The number of carboxylic acids is 1. The lowest BCUT2D eigenvalue weighted by Crippen LogP contribution is -2.29. The van der Waals surface area contributed by atoms with E-state index in [9.17, 15) is 14.4 Å². The van der Waals surface area contributed by atoms with Crippen molar-refractivity contribution in [3.63, 3.8) is 0 Å². The number of hydrogen-bond donors (Lipinski definition) is 3. The predicted molar refractivity (Wildman–Crippen MR) is 86.7 cm³/mol. The van der Waals surface area contributed by atoms with Crippen LogP contribution in [-0.2, 0) is 4.79 Å². The van der Waals surface area contributed by atoms with Gasteiger partial charge in [0.05, 0.1) is 10.9 Å². The zero-order valence-corrected chi connectivity index (χ0v) is 11.5. The van der Waals surface area contributed by atoms with Gasteiger partial charge in [-0.25, -0.2) is 0 Å². The lowest BCUT2D eigenvalue weighted by Gasteiger charge is -2.05. The highest BCUT2D eigenvalue weighted by molar-refractivity contribution is 7.18. The minimum absolute atomic E-state index is 0. The molecule has 0 aliphatic heterocycles. The molecule has 3 N–H and O–H groups in total. The molecule has 0 radical (unpaired) electrons. The number of rotatable bonds is 3. The minimum atomic E-state index is -1.11. The smallest absolute Gasteiger partial charge is 0.322 e. The number of amides is 1. The summed E-state index contributed by atoms with van der Waals surface area (Å²) in [5.41, 5.74) is 0.648. The third-order valence-electron chi connectivity index (χ3n) is 3.08. The van der Waals surface area contributed by atoms with E-state index in [0.29, 0.717) is 16.5 Å². The number of hydrogen-bond acceptors (Lipinski definition) is 4. The summed E-state index contributed by atoms with van der Waals surface area (Å²) in [6.07, 6.45) is 0. The number of nitrogens with one attached hydrogen (secondary N) is 2. The molecule has 0 spiro atoms. The van der Waals surface area contributed by atoms with Crippen molar-refractivity contribution in [2.45, 2.75) is 7.43 Å². The van der Waals surface area contributed by atoms with Gasteiger partial charge in [0.2, 0.25) is 0 Å². The van der Waals surface area contributed by atoms with Crippen LogP contribution in [0.5, 0.6) is 0 Å². The summed E-state index contributed by atoms with van der Waals surface area (Å²) in [6.45, 7) is -0.447. The van der Waals surface area contributed by atoms with Crippen LogP contribution in [0.2, 0.25) is 0 Å². The summed E-state index contributed by atoms with van der Waals surface area (Å²) in [6, 6.07) is 6.66. The molecule has 0 bridgehead atoms. The second-order valence-corrected chi connectivity index (χ2v) is 5.37. The van der Waals surface area contributed by atoms with Gasteiger partial charge in [-0.05, 0) is 23.6 Å². The normalized spacial score (nSPS) is 10.4. The van der Waals surface area contributed by atoms with Gasteiger partial charge in [0.25, 0.3) is 11.5 Å². The van der Waals surface area contributed by atoms with E-state index in [1.807, 2.05) is 5.38 Å². The van der Waals surface area contributed by atoms with Crippen molar-refractivity contribution in [3.05, 3.63) is 45.6 Å². The molecule has 0 atom stereocenters. The van der Waals surface area contributed by atoms with Crippen molar-refractivity contribution in [1.29, 1.82) is 0 Å². The number of thiophene rings is 1. The molecular weight excluding hydrogens is 304 g/mol. The zero-order chi connectivity index (χ0) is 15.0. The van der Waals surface area contributed by atoms with Crippen LogP contribution in [-0.4, -0.2) is 28.5 Å². The van der Waals surface area contributed by atoms with Crippen molar-refractivity contribution in [3.8, 4) is 0 Å². The van der Waals surface area contributed by atoms with Gasteiger partial charge in [-0.15, -0.1) is 11.3 Å². The Morgan fingerprint density at radius 2 is 2.00 bits per heavy atom. The number of aliphatic carboxylic acids is 1. The van der Waals surface area contributed by atoms with E-state index < -0.39 is 18.4 Å². The number of carbonyl (C=O) groups excluding carboxylic acids is 1. The van der Waals surface area contributed by atoms with Gasteiger partial charge in [-0.2, -0.15) is 0 Å². The van der Waals surface area contributed by atoms with Gasteiger partial charge in [-0.3, -0.25) is 14.4 Å². The maximum Gasteiger partial charge on any atom is 0.322 e. The van der Waals surface area contributed by atoms with Crippen LogP contribution in [0.3, 0.4) is 0 Å². The molecule has 7 heteroatoms. The quantitative estimate of drug-likeness (QED) is 0.689. The zero-order valence-electron chi connectivity index (χ0n) is 10.7. The average molecular weight is 318 g/mol. The molecule has 0 unspecified atom stereocenters. The molecule has 3 rings (SSSR count). The van der Waals surface area contributed by atoms with E-state index in [1.54, 1.807) is 24.3 Å². The maximum atomic E-state index is 11.9. The van der Waals surface area contributed by atoms with Crippen LogP contribution in [0.1, 0.15) is 17.8 Å². The van der Waals surface area contributed by atoms with Gasteiger partial charge in [-0.1, -0.05) is 13.5 Å². The van der Waals surface area contributed by atoms with E-state index in [-0.39, 0.29) is 13.0 Å². The molecule has 3 aromatic rings. The predicted octanol–water partition coefficient (Wildman–Crippen LogP) is 2.19. The molecule has 1 amide bonds. The summed E-state index contributed by atoms with van der Waals surface area (Å²) in [5.74, 6) is -1.61. The summed E-state index contributed by atoms with van der Waals surface area (Å²) >= 11 is 1.46. The second-order valence-electron chi connectivity index (χ2n) is 4.45. The molecule has 2 heterocycles. The Hall–Kier alpha value is -2.67. The molecule has 0 saturated carbocycles. The third kappa shape index (κ3) is 2.71. The van der Waals surface area contributed by atoms with Gasteiger partial charge >= 0.3 is 5.97 Å². The molecule has 0 fully saturated rings. The Labute approximate surface area is 129 Å². The number of H-pyrrole nitrogens is 1. The van der Waals surface area contributed by atoms with Crippen molar-refractivity contribution >= 4 is 44.2 Å². The Morgan fingerprint density at radius 1 is 1.23 bits per heavy atom.